The van der Waals surface area contributed by atoms with Crippen molar-refractivity contribution in [3.8, 4) is 0 Å². The number of carbonyl (C=O) groups excluding carboxylic acids is 1. The molecular formula is C13H19N3O. The number of primary amides is 1. The van der Waals surface area contributed by atoms with Gasteiger partial charge in [0.15, 0.2) is 0 Å². The summed E-state index contributed by atoms with van der Waals surface area (Å²) in [6.45, 7) is 4.06. The quantitative estimate of drug-likeness (QED) is 0.814. The number of nitrogens with two attached hydrogens (primary N) is 1. The Bertz CT molecular complexity index is 380. The Kier molecular flexibility index (Phi) is 3.52. The summed E-state index contributed by atoms with van der Waals surface area (Å²) in [5, 5.41) is 2.82. The number of rotatable bonds is 2. The van der Waals surface area contributed by atoms with E-state index in [0.717, 1.165) is 19.5 Å². The lowest BCUT2D eigenvalue weighted by molar-refractivity contribution is 0.235. The molecule has 1 aliphatic heterocycles. The van der Waals surface area contributed by atoms with Crippen molar-refractivity contribution in [2.75, 3.05) is 18.0 Å². The highest BCUT2D eigenvalue weighted by Gasteiger charge is 2.26. The lowest BCUT2D eigenvalue weighted by Crippen LogP contribution is -2.51. The van der Waals surface area contributed by atoms with Crippen molar-refractivity contribution in [3.05, 3.63) is 30.3 Å². The molecule has 4 nitrogen and oxygen atoms in total. The highest BCUT2D eigenvalue weighted by molar-refractivity contribution is 5.72. The molecule has 3 N–H and O–H groups in total. The summed E-state index contributed by atoms with van der Waals surface area (Å²) in [6.07, 6.45) is 0.943. The molecule has 2 amide bonds. The molecule has 1 saturated heterocycles. The Morgan fingerprint density at radius 3 is 2.71 bits per heavy atom. The molecule has 0 aliphatic carbocycles. The number of carbonyl (C=O) groups is 1. The van der Waals surface area contributed by atoms with Gasteiger partial charge in [-0.25, -0.2) is 4.79 Å². The molecule has 1 heterocycles. The summed E-state index contributed by atoms with van der Waals surface area (Å²) in [5.41, 5.74) is 6.41. The first-order valence-corrected chi connectivity index (χ1v) is 6.03. The van der Waals surface area contributed by atoms with Crippen LogP contribution in [0.4, 0.5) is 10.5 Å². The number of hydrogen-bond donors (Lipinski definition) is 2. The Morgan fingerprint density at radius 2 is 2.12 bits per heavy atom. The van der Waals surface area contributed by atoms with Crippen LogP contribution in [0.2, 0.25) is 0 Å². The summed E-state index contributed by atoms with van der Waals surface area (Å²) in [5.74, 6) is 0.413. The van der Waals surface area contributed by atoms with E-state index in [9.17, 15) is 4.79 Å². The lowest BCUT2D eigenvalue weighted by atomic mass is 9.93. The topological polar surface area (TPSA) is 58.4 Å². The molecule has 17 heavy (non-hydrogen) atoms. The fourth-order valence-electron chi connectivity index (χ4n) is 2.42. The summed E-state index contributed by atoms with van der Waals surface area (Å²) in [6, 6.07) is 10.1. The van der Waals surface area contributed by atoms with Crippen molar-refractivity contribution in [1.82, 2.24) is 5.32 Å². The number of nitrogens with one attached hydrogen (secondary N) is 1. The Hall–Kier alpha value is -1.71. The van der Waals surface area contributed by atoms with E-state index in [4.69, 9.17) is 5.73 Å². The number of para-hydroxylation sites is 1. The zero-order valence-electron chi connectivity index (χ0n) is 10.1. The average Bonchev–Trinajstić information content (AvgIpc) is 2.32. The zero-order chi connectivity index (χ0) is 12.3. The van der Waals surface area contributed by atoms with E-state index in [1.54, 1.807) is 0 Å². The molecule has 0 aromatic heterocycles. The molecular weight excluding hydrogens is 214 g/mol. The Labute approximate surface area is 102 Å². The van der Waals surface area contributed by atoms with Gasteiger partial charge in [0.05, 0.1) is 0 Å². The number of anilines is 1. The summed E-state index contributed by atoms with van der Waals surface area (Å²) in [7, 11) is 0. The zero-order valence-corrected chi connectivity index (χ0v) is 10.1. The van der Waals surface area contributed by atoms with Gasteiger partial charge in [-0.1, -0.05) is 25.1 Å². The van der Waals surface area contributed by atoms with Crippen molar-refractivity contribution in [2.24, 2.45) is 11.7 Å². The van der Waals surface area contributed by atoms with Crippen molar-refractivity contribution < 1.29 is 4.79 Å². The van der Waals surface area contributed by atoms with Crippen LogP contribution in [0, 0.1) is 5.92 Å². The van der Waals surface area contributed by atoms with Gasteiger partial charge in [-0.2, -0.15) is 0 Å². The molecule has 0 spiro atoms. The fraction of sp³-hybridized carbons (Fsp3) is 0.462. The number of hydrogen-bond acceptors (Lipinski definition) is 2. The van der Waals surface area contributed by atoms with E-state index in [1.165, 1.54) is 5.69 Å². The van der Waals surface area contributed by atoms with Crippen molar-refractivity contribution in [3.63, 3.8) is 0 Å². The van der Waals surface area contributed by atoms with Crippen LogP contribution in [0.5, 0.6) is 0 Å². The molecule has 92 valence electrons. The van der Waals surface area contributed by atoms with Gasteiger partial charge in [-0.15, -0.1) is 0 Å². The van der Waals surface area contributed by atoms with Gasteiger partial charge in [0.25, 0.3) is 0 Å². The van der Waals surface area contributed by atoms with Crippen LogP contribution in [0.15, 0.2) is 30.3 Å². The van der Waals surface area contributed by atoms with E-state index < -0.39 is 6.03 Å². The van der Waals surface area contributed by atoms with Crippen LogP contribution in [0.1, 0.15) is 13.3 Å². The molecule has 2 unspecified atom stereocenters. The van der Waals surface area contributed by atoms with Gasteiger partial charge in [-0.3, -0.25) is 0 Å². The highest BCUT2D eigenvalue weighted by atomic mass is 16.2. The number of urea groups is 1. The predicted molar refractivity (Wildman–Crippen MR) is 68.9 cm³/mol. The molecule has 2 atom stereocenters. The largest absolute Gasteiger partial charge is 0.371 e. The molecule has 0 radical (unpaired) electrons. The Balaban J connectivity index is 1.97. The fourth-order valence-corrected chi connectivity index (χ4v) is 2.42. The maximum absolute atomic E-state index is 10.9. The summed E-state index contributed by atoms with van der Waals surface area (Å²) in [4.78, 5) is 13.2. The second-order valence-corrected chi connectivity index (χ2v) is 4.66. The van der Waals surface area contributed by atoms with Crippen molar-refractivity contribution in [1.29, 1.82) is 0 Å². The third-order valence-electron chi connectivity index (χ3n) is 3.35. The van der Waals surface area contributed by atoms with E-state index in [1.807, 2.05) is 18.2 Å². The molecule has 1 aliphatic rings. The number of amides is 2. The maximum Gasteiger partial charge on any atom is 0.312 e. The first-order chi connectivity index (χ1) is 8.16. The minimum atomic E-state index is -0.421. The van der Waals surface area contributed by atoms with Crippen LogP contribution in [0.25, 0.3) is 0 Å². The van der Waals surface area contributed by atoms with Crippen molar-refractivity contribution >= 4 is 11.7 Å². The van der Waals surface area contributed by atoms with Crippen LogP contribution >= 0.6 is 0 Å². The number of nitrogens with zero attached hydrogens (tertiary/aromatic N) is 1. The molecule has 0 bridgehead atoms. The van der Waals surface area contributed by atoms with Gasteiger partial charge in [0, 0.05) is 24.8 Å². The van der Waals surface area contributed by atoms with Gasteiger partial charge in [0.1, 0.15) is 0 Å². The van der Waals surface area contributed by atoms with Crippen LogP contribution in [-0.4, -0.2) is 25.2 Å². The monoisotopic (exact) mass is 233 g/mol. The van der Waals surface area contributed by atoms with Gasteiger partial charge in [-0.05, 0) is 24.5 Å². The van der Waals surface area contributed by atoms with E-state index >= 15 is 0 Å². The average molecular weight is 233 g/mol. The third-order valence-corrected chi connectivity index (χ3v) is 3.35. The lowest BCUT2D eigenvalue weighted by Gasteiger charge is -2.38. The number of benzene rings is 1. The first-order valence-electron chi connectivity index (χ1n) is 6.03. The maximum atomic E-state index is 10.9. The second kappa shape index (κ2) is 5.08. The Morgan fingerprint density at radius 1 is 1.41 bits per heavy atom. The number of piperidine rings is 1. The normalized spacial score (nSPS) is 24.4. The van der Waals surface area contributed by atoms with Gasteiger partial charge in [0.2, 0.25) is 0 Å². The SMILES string of the molecule is CC1CN(c2ccccc2)CCC1NC(N)=O. The smallest absolute Gasteiger partial charge is 0.312 e. The van der Waals surface area contributed by atoms with Crippen LogP contribution in [0.3, 0.4) is 0 Å². The van der Waals surface area contributed by atoms with Crippen LogP contribution < -0.4 is 16.0 Å². The van der Waals surface area contributed by atoms with Gasteiger partial charge >= 0.3 is 6.03 Å². The standard InChI is InChI=1S/C13H19N3O/c1-10-9-16(11-5-3-2-4-6-11)8-7-12(10)15-13(14)17/h2-6,10,12H,7-9H2,1H3,(H3,14,15,17). The minimum absolute atomic E-state index is 0.201. The third kappa shape index (κ3) is 2.90. The predicted octanol–water partition coefficient (Wildman–Crippen LogP) is 1.57. The highest BCUT2D eigenvalue weighted by Crippen LogP contribution is 2.22. The first kappa shape index (κ1) is 11.8. The van der Waals surface area contributed by atoms with E-state index in [-0.39, 0.29) is 6.04 Å². The molecule has 2 rings (SSSR count). The summed E-state index contributed by atoms with van der Waals surface area (Å²) >= 11 is 0. The second-order valence-electron chi connectivity index (χ2n) is 4.66. The van der Waals surface area contributed by atoms with Gasteiger partial charge < -0.3 is 16.0 Å². The molecule has 0 saturated carbocycles. The van der Waals surface area contributed by atoms with E-state index in [2.05, 4.69) is 29.3 Å². The molecule has 1 aromatic carbocycles. The van der Waals surface area contributed by atoms with Crippen LogP contribution in [-0.2, 0) is 0 Å². The summed E-state index contributed by atoms with van der Waals surface area (Å²) < 4.78 is 0. The molecule has 1 fully saturated rings. The van der Waals surface area contributed by atoms with E-state index in [0.29, 0.717) is 5.92 Å². The molecule has 4 heteroatoms. The minimum Gasteiger partial charge on any atom is -0.371 e. The van der Waals surface area contributed by atoms with Crippen molar-refractivity contribution in [2.45, 2.75) is 19.4 Å². The molecule has 1 aromatic rings.